The highest BCUT2D eigenvalue weighted by atomic mass is 79.9. The molecule has 3 nitrogen and oxygen atoms in total. The fourth-order valence-electron chi connectivity index (χ4n) is 2.62. The summed E-state index contributed by atoms with van der Waals surface area (Å²) in [5.74, 6) is -1.24. The SMILES string of the molecule is ONc1cccc(C(=S)Nc2c(Br)cc(C(F)(C(F)(F)F)C(F)(F)F)cc2C(F)(F)F)c1F. The monoisotopic (exact) mass is 576 g/mol. The molecule has 0 saturated carbocycles. The van der Waals surface area contributed by atoms with Crippen LogP contribution in [0.15, 0.2) is 34.8 Å². The zero-order chi connectivity index (χ0) is 25.6. The van der Waals surface area contributed by atoms with Gasteiger partial charge in [0, 0.05) is 15.6 Å². The van der Waals surface area contributed by atoms with Gasteiger partial charge in [-0.1, -0.05) is 18.3 Å². The Bertz CT molecular complexity index is 1050. The van der Waals surface area contributed by atoms with E-state index in [0.717, 1.165) is 18.2 Å². The summed E-state index contributed by atoms with van der Waals surface area (Å²) >= 11 is 7.18. The molecule has 0 unspecified atom stereocenters. The lowest BCUT2D eigenvalue weighted by Crippen LogP contribution is -2.50. The van der Waals surface area contributed by atoms with Crippen molar-refractivity contribution in [1.29, 1.82) is 0 Å². The number of alkyl halides is 10. The lowest BCUT2D eigenvalue weighted by Gasteiger charge is -2.31. The number of benzene rings is 2. The van der Waals surface area contributed by atoms with Crippen molar-refractivity contribution in [3.8, 4) is 0 Å². The van der Waals surface area contributed by atoms with Gasteiger partial charge in [0.15, 0.2) is 5.82 Å². The van der Waals surface area contributed by atoms with Gasteiger partial charge in [-0.3, -0.25) is 10.7 Å². The molecule has 0 saturated heterocycles. The quantitative estimate of drug-likeness (QED) is 0.200. The average Bonchev–Trinajstić information content (AvgIpc) is 2.66. The van der Waals surface area contributed by atoms with Gasteiger partial charge < -0.3 is 5.32 Å². The maximum Gasteiger partial charge on any atom is 0.435 e. The van der Waals surface area contributed by atoms with E-state index in [2.05, 4.69) is 15.9 Å². The number of anilines is 2. The molecule has 2 aromatic carbocycles. The predicted molar refractivity (Wildman–Crippen MR) is 101 cm³/mol. The van der Waals surface area contributed by atoms with E-state index in [-0.39, 0.29) is 6.07 Å². The van der Waals surface area contributed by atoms with Crippen LogP contribution in [0.25, 0.3) is 0 Å². The Hall–Kier alpha value is -2.20. The first-order valence-corrected chi connectivity index (χ1v) is 9.30. The molecule has 0 aliphatic rings. The normalized spacial score (nSPS) is 13.1. The van der Waals surface area contributed by atoms with Crippen LogP contribution in [0.4, 0.5) is 59.7 Å². The van der Waals surface area contributed by atoms with E-state index < -0.39 is 73.6 Å². The largest absolute Gasteiger partial charge is 0.435 e. The second kappa shape index (κ2) is 8.87. The van der Waals surface area contributed by atoms with Crippen molar-refractivity contribution in [2.24, 2.45) is 0 Å². The molecule has 0 aromatic heterocycles. The third kappa shape index (κ3) is 5.01. The molecule has 0 atom stereocenters. The zero-order valence-corrected chi connectivity index (χ0v) is 17.7. The molecular formula is C17H8BrF11N2OS. The maximum absolute atomic E-state index is 14.3. The molecule has 33 heavy (non-hydrogen) atoms. The molecule has 0 bridgehead atoms. The van der Waals surface area contributed by atoms with Gasteiger partial charge in [-0.15, -0.1) is 0 Å². The van der Waals surface area contributed by atoms with E-state index in [1.54, 1.807) is 0 Å². The molecular weight excluding hydrogens is 569 g/mol. The van der Waals surface area contributed by atoms with E-state index in [1.807, 2.05) is 5.32 Å². The van der Waals surface area contributed by atoms with Gasteiger partial charge in [0.1, 0.15) is 4.99 Å². The van der Waals surface area contributed by atoms with E-state index in [1.165, 1.54) is 5.48 Å². The number of hydrogen-bond donors (Lipinski definition) is 3. The van der Waals surface area contributed by atoms with Crippen molar-refractivity contribution in [2.75, 3.05) is 10.8 Å². The summed E-state index contributed by atoms with van der Waals surface area (Å²) in [4.78, 5) is -0.790. The number of hydrogen-bond acceptors (Lipinski definition) is 3. The van der Waals surface area contributed by atoms with Gasteiger partial charge in [0.2, 0.25) is 0 Å². The summed E-state index contributed by atoms with van der Waals surface area (Å²) in [6, 6.07) is 2.28. The fraction of sp³-hybridized carbons (Fsp3) is 0.235. The van der Waals surface area contributed by atoms with Crippen LogP contribution in [0, 0.1) is 5.82 Å². The minimum Gasteiger partial charge on any atom is -0.345 e. The maximum atomic E-state index is 14.3. The summed E-state index contributed by atoms with van der Waals surface area (Å²) in [6.45, 7) is 0. The van der Waals surface area contributed by atoms with Crippen LogP contribution < -0.4 is 10.8 Å². The second-order valence-electron chi connectivity index (χ2n) is 6.27. The van der Waals surface area contributed by atoms with E-state index in [4.69, 9.17) is 17.4 Å². The first-order chi connectivity index (χ1) is 14.9. The minimum atomic E-state index is -6.65. The van der Waals surface area contributed by atoms with E-state index in [9.17, 15) is 48.3 Å². The molecule has 0 aliphatic heterocycles. The van der Waals surface area contributed by atoms with E-state index >= 15 is 0 Å². The second-order valence-corrected chi connectivity index (χ2v) is 7.53. The molecule has 3 N–H and O–H groups in total. The molecule has 0 fully saturated rings. The van der Waals surface area contributed by atoms with Gasteiger partial charge in [-0.05, 0) is 40.2 Å². The standard InChI is InChI=1S/C17H8BrF11N2OS/c18-9-5-6(14(20,16(24,25)26)17(27,28)29)4-8(15(21,22)23)12(9)30-13(33)7-2-1-3-10(31-32)11(7)19/h1-5,31-32H,(H,30,33). The number of thiocarbonyl (C=S) groups is 1. The Morgan fingerprint density at radius 3 is 1.91 bits per heavy atom. The Balaban J connectivity index is 2.71. The Morgan fingerprint density at radius 2 is 1.45 bits per heavy atom. The molecule has 16 heteroatoms. The Kier molecular flexibility index (Phi) is 7.27. The summed E-state index contributed by atoms with van der Waals surface area (Å²) in [7, 11) is 0. The smallest absolute Gasteiger partial charge is 0.345 e. The lowest BCUT2D eigenvalue weighted by molar-refractivity contribution is -0.348. The fourth-order valence-corrected chi connectivity index (χ4v) is 3.44. The number of rotatable bonds is 4. The van der Waals surface area contributed by atoms with Gasteiger partial charge in [0.05, 0.1) is 16.9 Å². The first kappa shape index (κ1) is 27.0. The molecule has 0 radical (unpaired) electrons. The van der Waals surface area contributed by atoms with Crippen LogP contribution in [0.1, 0.15) is 16.7 Å². The van der Waals surface area contributed by atoms with Crippen molar-refractivity contribution in [2.45, 2.75) is 24.2 Å². The molecule has 0 aliphatic carbocycles. The van der Waals surface area contributed by atoms with Crippen molar-refractivity contribution in [3.63, 3.8) is 0 Å². The lowest BCUT2D eigenvalue weighted by atomic mass is 9.92. The number of nitrogens with one attached hydrogen (secondary N) is 2. The average molecular weight is 577 g/mol. The van der Waals surface area contributed by atoms with E-state index in [0.29, 0.717) is 0 Å². The van der Waals surface area contributed by atoms with Crippen LogP contribution >= 0.6 is 28.1 Å². The van der Waals surface area contributed by atoms with Gasteiger partial charge >= 0.3 is 24.2 Å². The van der Waals surface area contributed by atoms with Gasteiger partial charge in [0.25, 0.3) is 0 Å². The summed E-state index contributed by atoms with van der Waals surface area (Å²) in [6.07, 6.45) is -18.9. The van der Waals surface area contributed by atoms with Crippen LogP contribution in [0.3, 0.4) is 0 Å². The zero-order valence-electron chi connectivity index (χ0n) is 15.3. The van der Waals surface area contributed by atoms with Crippen molar-refractivity contribution >= 4 is 44.5 Å². The highest BCUT2D eigenvalue weighted by Crippen LogP contribution is 2.55. The summed E-state index contributed by atoms with van der Waals surface area (Å²) in [5.41, 5.74) is -11.6. The summed E-state index contributed by atoms with van der Waals surface area (Å²) in [5, 5.41) is 10.7. The first-order valence-electron chi connectivity index (χ1n) is 8.09. The summed E-state index contributed by atoms with van der Waals surface area (Å²) < 4.78 is 146. The topological polar surface area (TPSA) is 44.3 Å². The number of halogens is 12. The molecule has 2 rings (SSSR count). The van der Waals surface area contributed by atoms with Crippen molar-refractivity contribution in [3.05, 3.63) is 57.3 Å². The van der Waals surface area contributed by atoms with Crippen LogP contribution in [-0.2, 0) is 11.8 Å². The van der Waals surface area contributed by atoms with Crippen molar-refractivity contribution < 1.29 is 53.5 Å². The molecule has 0 heterocycles. The minimum absolute atomic E-state index is 0.150. The third-order valence-electron chi connectivity index (χ3n) is 4.18. The molecule has 2 aromatic rings. The molecule has 0 amide bonds. The van der Waals surface area contributed by atoms with Crippen LogP contribution in [0.2, 0.25) is 0 Å². The van der Waals surface area contributed by atoms with Crippen molar-refractivity contribution in [1.82, 2.24) is 0 Å². The Morgan fingerprint density at radius 1 is 0.909 bits per heavy atom. The molecule has 0 spiro atoms. The van der Waals surface area contributed by atoms with Crippen LogP contribution in [0.5, 0.6) is 0 Å². The van der Waals surface area contributed by atoms with Gasteiger partial charge in [-0.25, -0.2) is 8.78 Å². The van der Waals surface area contributed by atoms with Crippen LogP contribution in [-0.4, -0.2) is 22.5 Å². The highest BCUT2D eigenvalue weighted by molar-refractivity contribution is 9.10. The molecule has 182 valence electrons. The predicted octanol–water partition coefficient (Wildman–Crippen LogP) is 7.49. The van der Waals surface area contributed by atoms with Gasteiger partial charge in [-0.2, -0.15) is 39.5 Å². The highest BCUT2D eigenvalue weighted by Gasteiger charge is 2.73. The third-order valence-corrected chi connectivity index (χ3v) is 5.12. The Labute approximate surface area is 190 Å².